The first-order chi connectivity index (χ1) is 33.2. The van der Waals surface area contributed by atoms with Crippen molar-refractivity contribution in [3.63, 3.8) is 0 Å². The largest absolute Gasteiger partial charge is 0.359 e. The molecule has 0 bridgehead atoms. The molecule has 1 heterocycles. The third-order valence-electron chi connectivity index (χ3n) is 15.2. The molecule has 0 radical (unpaired) electrons. The first-order valence-electron chi connectivity index (χ1n) is 23.6. The second kappa shape index (κ2) is 14.9. The Hall–Kier alpha value is -8.33. The van der Waals surface area contributed by atoms with E-state index in [9.17, 15) is 0 Å². The van der Waals surface area contributed by atoms with Crippen molar-refractivity contribution in [1.82, 2.24) is 5.32 Å². The van der Waals surface area contributed by atoms with Crippen molar-refractivity contribution in [2.24, 2.45) is 10.9 Å². The Morgan fingerprint density at radius 2 is 1.00 bits per heavy atom. The van der Waals surface area contributed by atoms with Crippen LogP contribution in [0.15, 0.2) is 248 Å². The quantitative estimate of drug-likeness (QED) is 0.171. The Morgan fingerprint density at radius 3 is 1.81 bits per heavy atom. The van der Waals surface area contributed by atoms with Crippen molar-refractivity contribution in [2.75, 3.05) is 0 Å². The maximum atomic E-state index is 5.27. The van der Waals surface area contributed by atoms with Gasteiger partial charge < -0.3 is 5.32 Å². The van der Waals surface area contributed by atoms with Crippen LogP contribution in [0.3, 0.4) is 0 Å². The molecule has 10 aromatic rings. The fraction of sp³-hybridized carbons (Fsp3) is 0.0615. The third-order valence-corrected chi connectivity index (χ3v) is 15.2. The lowest BCUT2D eigenvalue weighted by molar-refractivity contribution is 0.465. The van der Waals surface area contributed by atoms with Crippen LogP contribution in [0.1, 0.15) is 50.9 Å². The van der Waals surface area contributed by atoms with Crippen LogP contribution in [0.25, 0.3) is 71.4 Å². The van der Waals surface area contributed by atoms with Crippen molar-refractivity contribution >= 4 is 43.9 Å². The molecule has 14 rings (SSSR count). The highest BCUT2D eigenvalue weighted by Gasteiger charge is 2.57. The van der Waals surface area contributed by atoms with Gasteiger partial charge in [0.1, 0.15) is 5.84 Å². The molecule has 1 spiro atoms. The fourth-order valence-electron chi connectivity index (χ4n) is 12.3. The number of fused-ring (bicyclic) bond motifs is 16. The molecular formula is C65H44N2. The van der Waals surface area contributed by atoms with Crippen molar-refractivity contribution in [2.45, 2.75) is 17.4 Å². The topological polar surface area (TPSA) is 24.4 Å². The van der Waals surface area contributed by atoms with Gasteiger partial charge >= 0.3 is 0 Å². The summed E-state index contributed by atoms with van der Waals surface area (Å²) in [7, 11) is 0. The molecule has 0 saturated heterocycles. The van der Waals surface area contributed by atoms with Crippen LogP contribution in [0.5, 0.6) is 0 Å². The first kappa shape index (κ1) is 38.0. The predicted octanol–water partition coefficient (Wildman–Crippen LogP) is 15.8. The molecule has 3 unspecified atom stereocenters. The zero-order valence-electron chi connectivity index (χ0n) is 36.8. The number of nitrogens with zero attached hydrogens (tertiary/aromatic N) is 1. The van der Waals surface area contributed by atoms with Gasteiger partial charge in [0.15, 0.2) is 0 Å². The Morgan fingerprint density at radius 1 is 0.403 bits per heavy atom. The smallest absolute Gasteiger partial charge is 0.134 e. The Kier molecular flexibility index (Phi) is 8.42. The second-order valence-electron chi connectivity index (χ2n) is 18.5. The first-order valence-corrected chi connectivity index (χ1v) is 23.6. The molecule has 4 aliphatic rings. The van der Waals surface area contributed by atoms with E-state index >= 15 is 0 Å². The Balaban J connectivity index is 0.933. The minimum absolute atomic E-state index is 0.0200. The molecule has 67 heavy (non-hydrogen) atoms. The van der Waals surface area contributed by atoms with E-state index in [1.165, 1.54) is 93.5 Å². The third kappa shape index (κ3) is 5.66. The summed E-state index contributed by atoms with van der Waals surface area (Å²) in [6.07, 6.45) is 11.7. The summed E-state index contributed by atoms with van der Waals surface area (Å²) in [5, 5.41) is 11.3. The summed E-state index contributed by atoms with van der Waals surface area (Å²) < 4.78 is 0. The summed E-state index contributed by atoms with van der Waals surface area (Å²) in [6, 6.07) is 78.7. The van der Waals surface area contributed by atoms with E-state index in [-0.39, 0.29) is 11.5 Å². The Labute approximate surface area is 390 Å². The molecule has 0 aromatic heterocycles. The summed E-state index contributed by atoms with van der Waals surface area (Å²) in [6.45, 7) is 0. The average Bonchev–Trinajstić information content (AvgIpc) is 3.88. The van der Waals surface area contributed by atoms with Gasteiger partial charge in [-0.25, -0.2) is 4.99 Å². The van der Waals surface area contributed by atoms with E-state index in [4.69, 9.17) is 4.99 Å². The lowest BCUT2D eigenvalue weighted by Gasteiger charge is -2.36. The predicted molar refractivity (Wildman–Crippen MR) is 279 cm³/mol. The number of allylic oxidation sites excluding steroid dienone is 4. The van der Waals surface area contributed by atoms with Crippen LogP contribution in [0.4, 0.5) is 0 Å². The van der Waals surface area contributed by atoms with Crippen molar-refractivity contribution < 1.29 is 0 Å². The molecule has 2 nitrogen and oxygen atoms in total. The number of hydrogen-bond donors (Lipinski definition) is 1. The molecule has 0 saturated carbocycles. The summed E-state index contributed by atoms with van der Waals surface area (Å²) in [5.41, 5.74) is 17.3. The van der Waals surface area contributed by atoms with E-state index in [0.717, 1.165) is 22.7 Å². The van der Waals surface area contributed by atoms with Crippen LogP contribution < -0.4 is 5.32 Å². The molecular weight excluding hydrogens is 809 g/mol. The van der Waals surface area contributed by atoms with Gasteiger partial charge in [-0.2, -0.15) is 0 Å². The molecule has 2 heteroatoms. The van der Waals surface area contributed by atoms with Crippen LogP contribution in [-0.4, -0.2) is 5.84 Å². The van der Waals surface area contributed by atoms with Crippen LogP contribution in [-0.2, 0) is 5.41 Å². The molecule has 0 fully saturated rings. The van der Waals surface area contributed by atoms with Crippen molar-refractivity contribution in [3.8, 4) is 33.4 Å². The lowest BCUT2D eigenvalue weighted by Crippen LogP contribution is -2.32. The zero-order chi connectivity index (χ0) is 44.1. The monoisotopic (exact) mass is 852 g/mol. The zero-order valence-corrected chi connectivity index (χ0v) is 36.8. The molecule has 1 aliphatic heterocycles. The van der Waals surface area contributed by atoms with Crippen LogP contribution in [0, 0.1) is 5.92 Å². The van der Waals surface area contributed by atoms with E-state index in [1.807, 2.05) is 0 Å². The average molecular weight is 853 g/mol. The number of benzene rings is 10. The maximum Gasteiger partial charge on any atom is 0.134 e. The van der Waals surface area contributed by atoms with Gasteiger partial charge in [0.25, 0.3) is 0 Å². The van der Waals surface area contributed by atoms with Gasteiger partial charge in [0.05, 0.1) is 17.2 Å². The molecule has 3 atom stereocenters. The maximum absolute atomic E-state index is 5.27. The SMILES string of the molecule is C1=CC2c3ccc(-c4ccc5c(c4)c4ccccc4c4cccc(-c6cccc(C7=CC(c8ccccc8)NC(c8ccccc8)=N7)c6)c45)cc3C3(c4ccccc4-c4ccccc43)C2C=C1. The summed E-state index contributed by atoms with van der Waals surface area (Å²) in [5.74, 6) is 1.48. The van der Waals surface area contributed by atoms with Gasteiger partial charge in [0.2, 0.25) is 0 Å². The van der Waals surface area contributed by atoms with Gasteiger partial charge in [-0.1, -0.05) is 218 Å². The highest BCUT2D eigenvalue weighted by atomic mass is 15.0. The minimum atomic E-state index is -0.269. The van der Waals surface area contributed by atoms with Gasteiger partial charge in [-0.3, -0.25) is 0 Å². The fourth-order valence-corrected chi connectivity index (χ4v) is 12.3. The molecule has 1 N–H and O–H groups in total. The van der Waals surface area contributed by atoms with E-state index in [2.05, 4.69) is 248 Å². The number of rotatable bonds is 5. The summed E-state index contributed by atoms with van der Waals surface area (Å²) >= 11 is 0. The van der Waals surface area contributed by atoms with Gasteiger partial charge in [-0.15, -0.1) is 0 Å². The standard InChI is InChI=1S/C65H44N2/c1-3-17-41(18-4-1)61-40-62(67-64(66-61)42-19-5-2-6-20-42)46-22-15-21-45(37-46)47-28-16-29-54-48-23-7-8-24-49(48)56-38-43(34-36-55(56)63(47)54)44-33-35-53-52-27-11-14-32-59(52)65(60(53)39-44)57-30-12-9-25-50(57)51-26-10-13-31-58(51)65/h1-40,52,59,61H,(H,66,67). The van der Waals surface area contributed by atoms with E-state index in [1.54, 1.807) is 0 Å². The van der Waals surface area contributed by atoms with Gasteiger partial charge in [0, 0.05) is 23.0 Å². The molecule has 314 valence electrons. The molecule has 0 amide bonds. The number of nitrogens with one attached hydrogen (secondary N) is 1. The van der Waals surface area contributed by atoms with Crippen LogP contribution in [0.2, 0.25) is 0 Å². The lowest BCUT2D eigenvalue weighted by atomic mass is 9.65. The molecule has 3 aliphatic carbocycles. The number of aliphatic imine (C=N–C) groups is 1. The van der Waals surface area contributed by atoms with Crippen molar-refractivity contribution in [1.29, 1.82) is 0 Å². The Bertz CT molecular complexity index is 3750. The van der Waals surface area contributed by atoms with E-state index in [0.29, 0.717) is 11.8 Å². The number of amidine groups is 1. The van der Waals surface area contributed by atoms with E-state index < -0.39 is 0 Å². The number of hydrogen-bond acceptors (Lipinski definition) is 2. The van der Waals surface area contributed by atoms with Gasteiger partial charge in [-0.05, 0) is 118 Å². The van der Waals surface area contributed by atoms with Crippen molar-refractivity contribution in [3.05, 3.63) is 282 Å². The summed E-state index contributed by atoms with van der Waals surface area (Å²) in [4.78, 5) is 5.27. The second-order valence-corrected chi connectivity index (χ2v) is 18.5. The van der Waals surface area contributed by atoms with Crippen LogP contribution >= 0.6 is 0 Å². The molecule has 10 aromatic carbocycles. The normalized spacial score (nSPS) is 18.3. The highest BCUT2D eigenvalue weighted by molar-refractivity contribution is 6.29. The highest BCUT2D eigenvalue weighted by Crippen LogP contribution is 2.65. The minimum Gasteiger partial charge on any atom is -0.359 e.